The summed E-state index contributed by atoms with van der Waals surface area (Å²) in [6.45, 7) is 0.0147. The number of para-hydroxylation sites is 3. The zero-order valence-electron chi connectivity index (χ0n) is 16.1. The van der Waals surface area contributed by atoms with Crippen molar-refractivity contribution < 1.29 is 23.9 Å². The minimum Gasteiger partial charge on any atom is -0.478 e. The molecule has 0 bridgehead atoms. The third-order valence-electron chi connectivity index (χ3n) is 4.81. The Morgan fingerprint density at radius 2 is 1.90 bits per heavy atom. The van der Waals surface area contributed by atoms with Gasteiger partial charge in [0.1, 0.15) is 5.75 Å². The highest BCUT2D eigenvalue weighted by atomic mass is 16.5. The average molecular weight is 407 g/mol. The monoisotopic (exact) mass is 407 g/mol. The first-order valence-electron chi connectivity index (χ1n) is 9.64. The summed E-state index contributed by atoms with van der Waals surface area (Å²) in [5.74, 6) is -1.01. The Balaban J connectivity index is 1.19. The van der Waals surface area contributed by atoms with Crippen LogP contribution in [0.5, 0.6) is 5.75 Å². The third-order valence-corrected chi connectivity index (χ3v) is 4.81. The first-order chi connectivity index (χ1) is 14.6. The van der Waals surface area contributed by atoms with Gasteiger partial charge in [-0.15, -0.1) is 0 Å². The summed E-state index contributed by atoms with van der Waals surface area (Å²) in [5, 5.41) is 6.52. The normalized spacial score (nSPS) is 15.1. The molecule has 2 aromatic carbocycles. The Bertz CT molecular complexity index is 1090. The molecule has 1 aliphatic rings. The van der Waals surface area contributed by atoms with Gasteiger partial charge in [-0.25, -0.2) is 0 Å². The topological polar surface area (TPSA) is 110 Å². The van der Waals surface area contributed by atoms with Gasteiger partial charge in [-0.1, -0.05) is 30.3 Å². The van der Waals surface area contributed by atoms with Crippen molar-refractivity contribution in [2.75, 3.05) is 18.5 Å². The predicted octanol–water partition coefficient (Wildman–Crippen LogP) is 2.16. The summed E-state index contributed by atoms with van der Waals surface area (Å²) in [6, 6.07) is 14.9. The number of rotatable bonds is 7. The van der Waals surface area contributed by atoms with Crippen LogP contribution in [0.1, 0.15) is 12.0 Å². The van der Waals surface area contributed by atoms with E-state index in [1.165, 1.54) is 0 Å². The molecule has 8 heteroatoms. The number of benzene rings is 2. The zero-order valence-corrected chi connectivity index (χ0v) is 16.1. The third kappa shape index (κ3) is 4.43. The number of nitrogens with one attached hydrogen (secondary N) is 3. The van der Waals surface area contributed by atoms with Gasteiger partial charge in [0, 0.05) is 23.6 Å². The van der Waals surface area contributed by atoms with E-state index >= 15 is 0 Å². The Labute approximate surface area is 172 Å². The molecule has 2 heterocycles. The second-order valence-corrected chi connectivity index (χ2v) is 6.92. The molecular formula is C22H21N3O5. The number of aromatic amines is 1. The molecule has 0 saturated carbocycles. The lowest BCUT2D eigenvalue weighted by molar-refractivity contribution is -0.151. The molecule has 0 saturated heterocycles. The quantitative estimate of drug-likeness (QED) is 0.520. The predicted molar refractivity (Wildman–Crippen MR) is 110 cm³/mol. The standard InChI is InChI=1S/C22H21N3O5/c26-20(23-10-9-14-12-24-16-6-2-1-5-15(14)16)13-29-21(27)11-19-22(28)25-17-7-3-4-8-18(17)30-19/h1-8,12,19,24H,9-11,13H2,(H,23,26)(H,25,28)/t19-/m0/s1. The highest BCUT2D eigenvalue weighted by molar-refractivity contribution is 5.99. The van der Waals surface area contributed by atoms with E-state index in [0.717, 1.165) is 16.5 Å². The van der Waals surface area contributed by atoms with Crippen LogP contribution >= 0.6 is 0 Å². The maximum Gasteiger partial charge on any atom is 0.310 e. The Morgan fingerprint density at radius 1 is 1.10 bits per heavy atom. The molecule has 0 radical (unpaired) electrons. The van der Waals surface area contributed by atoms with Gasteiger partial charge in [0.15, 0.2) is 12.7 Å². The molecule has 2 amide bonds. The summed E-state index contributed by atoms with van der Waals surface area (Å²) < 4.78 is 10.5. The average Bonchev–Trinajstić information content (AvgIpc) is 3.16. The molecule has 30 heavy (non-hydrogen) atoms. The molecule has 0 fully saturated rings. The lowest BCUT2D eigenvalue weighted by Crippen LogP contribution is -2.39. The van der Waals surface area contributed by atoms with E-state index in [2.05, 4.69) is 15.6 Å². The van der Waals surface area contributed by atoms with E-state index in [-0.39, 0.29) is 6.42 Å². The number of hydrogen-bond donors (Lipinski definition) is 3. The molecule has 1 atom stereocenters. The zero-order chi connectivity index (χ0) is 20.9. The van der Waals surface area contributed by atoms with Crippen molar-refractivity contribution >= 4 is 34.4 Å². The van der Waals surface area contributed by atoms with Crippen LogP contribution < -0.4 is 15.4 Å². The van der Waals surface area contributed by atoms with Crippen molar-refractivity contribution in [3.05, 3.63) is 60.3 Å². The van der Waals surface area contributed by atoms with Gasteiger partial charge in [-0.3, -0.25) is 14.4 Å². The van der Waals surface area contributed by atoms with Crippen molar-refractivity contribution in [2.45, 2.75) is 18.9 Å². The van der Waals surface area contributed by atoms with Gasteiger partial charge in [-0.05, 0) is 30.2 Å². The molecule has 154 valence electrons. The maximum atomic E-state index is 12.1. The number of carbonyl (C=O) groups excluding carboxylic acids is 3. The molecule has 1 aliphatic heterocycles. The lowest BCUT2D eigenvalue weighted by atomic mass is 10.1. The number of anilines is 1. The molecule has 3 N–H and O–H groups in total. The van der Waals surface area contributed by atoms with Crippen molar-refractivity contribution in [3.63, 3.8) is 0 Å². The summed E-state index contributed by atoms with van der Waals surface area (Å²) >= 11 is 0. The van der Waals surface area contributed by atoms with E-state index in [4.69, 9.17) is 9.47 Å². The number of ether oxygens (including phenoxy) is 2. The van der Waals surface area contributed by atoms with Crippen LogP contribution in [0.4, 0.5) is 5.69 Å². The van der Waals surface area contributed by atoms with Crippen LogP contribution in [0, 0.1) is 0 Å². The van der Waals surface area contributed by atoms with Gasteiger partial charge < -0.3 is 25.1 Å². The molecular weight excluding hydrogens is 386 g/mol. The highest BCUT2D eigenvalue weighted by Gasteiger charge is 2.30. The number of H-pyrrole nitrogens is 1. The fraction of sp³-hybridized carbons (Fsp3) is 0.227. The molecule has 3 aromatic rings. The summed E-state index contributed by atoms with van der Waals surface area (Å²) in [7, 11) is 0. The second-order valence-electron chi connectivity index (χ2n) is 6.92. The summed E-state index contributed by atoms with van der Waals surface area (Å²) in [5.41, 5.74) is 2.70. The van der Waals surface area contributed by atoms with E-state index < -0.39 is 30.5 Å². The number of fused-ring (bicyclic) bond motifs is 2. The van der Waals surface area contributed by atoms with E-state index in [1.54, 1.807) is 24.3 Å². The van der Waals surface area contributed by atoms with Gasteiger partial charge in [0.25, 0.3) is 11.8 Å². The van der Waals surface area contributed by atoms with Gasteiger partial charge in [0.2, 0.25) is 0 Å². The molecule has 1 aromatic heterocycles. The number of esters is 1. The summed E-state index contributed by atoms with van der Waals surface area (Å²) in [4.78, 5) is 39.2. The van der Waals surface area contributed by atoms with Gasteiger partial charge >= 0.3 is 5.97 Å². The van der Waals surface area contributed by atoms with Crippen molar-refractivity contribution in [1.82, 2.24) is 10.3 Å². The van der Waals surface area contributed by atoms with Gasteiger partial charge in [0.05, 0.1) is 12.1 Å². The number of hydrogen-bond acceptors (Lipinski definition) is 5. The molecule has 8 nitrogen and oxygen atoms in total. The first-order valence-corrected chi connectivity index (χ1v) is 9.64. The van der Waals surface area contributed by atoms with Gasteiger partial charge in [-0.2, -0.15) is 0 Å². The highest BCUT2D eigenvalue weighted by Crippen LogP contribution is 2.29. The SMILES string of the molecule is O=C(COC(=O)C[C@@H]1Oc2ccccc2NC1=O)NCCc1c[nH]c2ccccc12. The van der Waals surface area contributed by atoms with Crippen LogP contribution in [0.25, 0.3) is 10.9 Å². The first kappa shape index (κ1) is 19.5. The molecule has 0 aliphatic carbocycles. The molecule has 4 rings (SSSR count). The Morgan fingerprint density at radius 3 is 2.80 bits per heavy atom. The summed E-state index contributed by atoms with van der Waals surface area (Å²) in [6.07, 6.45) is 1.31. The maximum absolute atomic E-state index is 12.1. The number of amides is 2. The Hall–Kier alpha value is -3.81. The van der Waals surface area contributed by atoms with E-state index in [1.807, 2.05) is 30.5 Å². The fourth-order valence-corrected chi connectivity index (χ4v) is 3.31. The number of carbonyl (C=O) groups is 3. The smallest absolute Gasteiger partial charge is 0.310 e. The Kier molecular flexibility index (Phi) is 5.65. The van der Waals surface area contributed by atoms with Crippen LogP contribution in [0.3, 0.4) is 0 Å². The lowest BCUT2D eigenvalue weighted by Gasteiger charge is -2.25. The largest absolute Gasteiger partial charge is 0.478 e. The van der Waals surface area contributed by atoms with Crippen LogP contribution in [-0.4, -0.2) is 42.0 Å². The van der Waals surface area contributed by atoms with Crippen LogP contribution in [0.15, 0.2) is 54.7 Å². The van der Waals surface area contributed by atoms with Crippen molar-refractivity contribution in [1.29, 1.82) is 0 Å². The van der Waals surface area contributed by atoms with Crippen molar-refractivity contribution in [3.8, 4) is 5.75 Å². The molecule has 0 unspecified atom stereocenters. The minimum absolute atomic E-state index is 0.275. The van der Waals surface area contributed by atoms with E-state index in [0.29, 0.717) is 24.4 Å². The van der Waals surface area contributed by atoms with Crippen LogP contribution in [-0.2, 0) is 25.5 Å². The van der Waals surface area contributed by atoms with E-state index in [9.17, 15) is 14.4 Å². The number of aromatic nitrogens is 1. The van der Waals surface area contributed by atoms with Crippen molar-refractivity contribution in [2.24, 2.45) is 0 Å². The molecule has 0 spiro atoms. The van der Waals surface area contributed by atoms with Crippen LogP contribution in [0.2, 0.25) is 0 Å². The minimum atomic E-state index is -0.989. The second kappa shape index (κ2) is 8.69. The fourth-order valence-electron chi connectivity index (χ4n) is 3.31.